The summed E-state index contributed by atoms with van der Waals surface area (Å²) in [5.41, 5.74) is 2.25. The number of carbonyl (C=O) groups excluding carboxylic acids is 2. The standard InChI is InChI=1S/C32H46N2O4/c1-2-3-4-5-12-15-23-33-28-22-21-27-30-25(28)18-17-19-26(30)31(37)34(32(27)38)24-16-13-10-8-6-7-9-11-14-20-29(35)36/h17-19,21-22,33H,2-16,20,23-24H2,1H3,(H,35,36). The van der Waals surface area contributed by atoms with Crippen LogP contribution in [-0.4, -0.2) is 40.9 Å². The molecule has 0 fully saturated rings. The number of carboxylic acid groups (broad SMARTS) is 1. The number of nitrogens with zero attached hydrogens (tertiary/aromatic N) is 1. The van der Waals surface area contributed by atoms with Crippen LogP contribution in [0.2, 0.25) is 0 Å². The number of carbonyl (C=O) groups is 3. The highest BCUT2D eigenvalue weighted by atomic mass is 16.4. The van der Waals surface area contributed by atoms with Crippen LogP contribution in [0.25, 0.3) is 10.8 Å². The van der Waals surface area contributed by atoms with Crippen LogP contribution in [0, 0.1) is 0 Å². The summed E-state index contributed by atoms with van der Waals surface area (Å²) in [5, 5.41) is 14.0. The maximum Gasteiger partial charge on any atom is 0.303 e. The van der Waals surface area contributed by atoms with E-state index in [0.29, 0.717) is 17.7 Å². The Hall–Kier alpha value is -2.89. The Labute approximate surface area is 228 Å². The van der Waals surface area contributed by atoms with Crippen LogP contribution >= 0.6 is 0 Å². The summed E-state index contributed by atoms with van der Waals surface area (Å²) >= 11 is 0. The Morgan fingerprint density at radius 3 is 1.97 bits per heavy atom. The predicted molar refractivity (Wildman–Crippen MR) is 155 cm³/mol. The fraction of sp³-hybridized carbons (Fsp3) is 0.594. The van der Waals surface area contributed by atoms with Crippen molar-refractivity contribution in [3.63, 3.8) is 0 Å². The third-order valence-corrected chi connectivity index (χ3v) is 7.61. The fourth-order valence-electron chi connectivity index (χ4n) is 5.42. The lowest BCUT2D eigenvalue weighted by atomic mass is 9.92. The Morgan fingerprint density at radius 2 is 1.32 bits per heavy atom. The summed E-state index contributed by atoms with van der Waals surface area (Å²) in [7, 11) is 0. The number of benzene rings is 2. The lowest BCUT2D eigenvalue weighted by molar-refractivity contribution is -0.137. The first kappa shape index (κ1) is 29.7. The van der Waals surface area contributed by atoms with Crippen LogP contribution in [0.4, 0.5) is 5.69 Å². The first-order valence-corrected chi connectivity index (χ1v) is 14.9. The van der Waals surface area contributed by atoms with Crippen molar-refractivity contribution >= 4 is 34.2 Å². The first-order valence-electron chi connectivity index (χ1n) is 14.9. The molecule has 1 aliphatic heterocycles. The van der Waals surface area contributed by atoms with E-state index < -0.39 is 5.97 Å². The van der Waals surface area contributed by atoms with Gasteiger partial charge in [0.05, 0.1) is 0 Å². The second kappa shape index (κ2) is 16.2. The van der Waals surface area contributed by atoms with Crippen molar-refractivity contribution in [2.75, 3.05) is 18.4 Å². The Morgan fingerprint density at radius 1 is 0.737 bits per heavy atom. The Balaban J connectivity index is 1.45. The monoisotopic (exact) mass is 522 g/mol. The molecule has 0 aliphatic carbocycles. The summed E-state index contributed by atoms with van der Waals surface area (Å²) in [5.74, 6) is -1.07. The van der Waals surface area contributed by atoms with Crippen molar-refractivity contribution in [3.05, 3.63) is 41.5 Å². The van der Waals surface area contributed by atoms with Crippen molar-refractivity contribution in [1.29, 1.82) is 0 Å². The molecule has 38 heavy (non-hydrogen) atoms. The number of hydrogen-bond donors (Lipinski definition) is 2. The van der Waals surface area contributed by atoms with E-state index in [1.54, 1.807) is 0 Å². The van der Waals surface area contributed by atoms with Gasteiger partial charge in [-0.2, -0.15) is 0 Å². The normalized spacial score (nSPS) is 12.9. The molecule has 2 N–H and O–H groups in total. The molecule has 3 rings (SSSR count). The highest BCUT2D eigenvalue weighted by Gasteiger charge is 2.32. The molecule has 2 aromatic carbocycles. The molecule has 0 spiro atoms. The van der Waals surface area contributed by atoms with Crippen molar-refractivity contribution in [2.45, 2.75) is 110 Å². The maximum atomic E-state index is 13.3. The van der Waals surface area contributed by atoms with Gasteiger partial charge in [-0.15, -0.1) is 0 Å². The number of amides is 2. The highest BCUT2D eigenvalue weighted by molar-refractivity contribution is 6.26. The van der Waals surface area contributed by atoms with Crippen LogP contribution in [-0.2, 0) is 4.79 Å². The number of nitrogens with one attached hydrogen (secondary N) is 1. The van der Waals surface area contributed by atoms with Crippen LogP contribution in [0.3, 0.4) is 0 Å². The largest absolute Gasteiger partial charge is 0.481 e. The molecule has 0 atom stereocenters. The van der Waals surface area contributed by atoms with Gasteiger partial charge in [-0.1, -0.05) is 96.1 Å². The van der Waals surface area contributed by atoms with Crippen molar-refractivity contribution in [2.24, 2.45) is 0 Å². The molecule has 0 aromatic heterocycles. The maximum absolute atomic E-state index is 13.3. The molecule has 0 saturated carbocycles. The van der Waals surface area contributed by atoms with E-state index in [9.17, 15) is 14.4 Å². The zero-order chi connectivity index (χ0) is 27.2. The second-order valence-electron chi connectivity index (χ2n) is 10.7. The van der Waals surface area contributed by atoms with Gasteiger partial charge in [-0.25, -0.2) is 0 Å². The van der Waals surface area contributed by atoms with Gasteiger partial charge in [0.25, 0.3) is 11.8 Å². The van der Waals surface area contributed by atoms with Crippen molar-refractivity contribution < 1.29 is 19.5 Å². The molecule has 0 radical (unpaired) electrons. The molecular formula is C32H46N2O4. The molecule has 0 unspecified atom stereocenters. The zero-order valence-electron chi connectivity index (χ0n) is 23.2. The summed E-state index contributed by atoms with van der Waals surface area (Å²) in [4.78, 5) is 38.6. The number of rotatable bonds is 20. The van der Waals surface area contributed by atoms with E-state index in [0.717, 1.165) is 87.2 Å². The number of aliphatic carboxylic acids is 1. The number of unbranched alkanes of at least 4 members (excludes halogenated alkanes) is 13. The van der Waals surface area contributed by atoms with Crippen LogP contribution in [0.5, 0.6) is 0 Å². The summed E-state index contributed by atoms with van der Waals surface area (Å²) < 4.78 is 0. The van der Waals surface area contributed by atoms with Gasteiger partial charge < -0.3 is 10.4 Å². The van der Waals surface area contributed by atoms with E-state index in [1.807, 2.05) is 30.3 Å². The highest BCUT2D eigenvalue weighted by Crippen LogP contribution is 2.34. The minimum Gasteiger partial charge on any atom is -0.481 e. The lowest BCUT2D eigenvalue weighted by Crippen LogP contribution is -2.40. The Bertz CT molecular complexity index is 1040. The van der Waals surface area contributed by atoms with E-state index >= 15 is 0 Å². The van der Waals surface area contributed by atoms with Gasteiger partial charge in [0.15, 0.2) is 0 Å². The minimum atomic E-state index is -0.712. The molecule has 6 nitrogen and oxygen atoms in total. The average Bonchev–Trinajstić information content (AvgIpc) is 2.91. The molecule has 0 saturated heterocycles. The molecule has 208 valence electrons. The second-order valence-corrected chi connectivity index (χ2v) is 10.7. The molecule has 2 aromatic rings. The van der Waals surface area contributed by atoms with Gasteiger partial charge >= 0.3 is 5.97 Å². The van der Waals surface area contributed by atoms with Gasteiger partial charge in [0.2, 0.25) is 0 Å². The predicted octanol–water partition coefficient (Wildman–Crippen LogP) is 8.19. The summed E-state index contributed by atoms with van der Waals surface area (Å²) in [6.45, 7) is 3.58. The molecule has 6 heteroatoms. The van der Waals surface area contributed by atoms with E-state index in [4.69, 9.17) is 5.11 Å². The molecule has 0 bridgehead atoms. The smallest absolute Gasteiger partial charge is 0.303 e. The number of carboxylic acids is 1. The zero-order valence-corrected chi connectivity index (χ0v) is 23.2. The topological polar surface area (TPSA) is 86.7 Å². The minimum absolute atomic E-state index is 0.178. The summed E-state index contributed by atoms with van der Waals surface area (Å²) in [6, 6.07) is 9.65. The van der Waals surface area contributed by atoms with Gasteiger partial charge in [0, 0.05) is 47.1 Å². The molecular weight excluding hydrogens is 476 g/mol. The van der Waals surface area contributed by atoms with Crippen LogP contribution < -0.4 is 5.32 Å². The van der Waals surface area contributed by atoms with Crippen molar-refractivity contribution in [1.82, 2.24) is 4.90 Å². The fourth-order valence-corrected chi connectivity index (χ4v) is 5.42. The van der Waals surface area contributed by atoms with Crippen molar-refractivity contribution in [3.8, 4) is 0 Å². The number of anilines is 1. The van der Waals surface area contributed by atoms with E-state index in [1.165, 1.54) is 37.0 Å². The molecule has 1 aliphatic rings. The number of hydrogen-bond acceptors (Lipinski definition) is 4. The lowest BCUT2D eigenvalue weighted by Gasteiger charge is -2.28. The van der Waals surface area contributed by atoms with Crippen LogP contribution in [0.1, 0.15) is 130 Å². The average molecular weight is 523 g/mol. The summed E-state index contributed by atoms with van der Waals surface area (Å²) in [6.07, 6.45) is 16.9. The van der Waals surface area contributed by atoms with Gasteiger partial charge in [-0.05, 0) is 37.5 Å². The quantitative estimate of drug-likeness (QED) is 0.135. The third kappa shape index (κ3) is 8.57. The van der Waals surface area contributed by atoms with E-state index in [-0.39, 0.29) is 18.2 Å². The van der Waals surface area contributed by atoms with Gasteiger partial charge in [-0.3, -0.25) is 19.3 Å². The number of imide groups is 1. The molecule has 1 heterocycles. The van der Waals surface area contributed by atoms with Gasteiger partial charge in [0.1, 0.15) is 0 Å². The van der Waals surface area contributed by atoms with Crippen LogP contribution in [0.15, 0.2) is 30.3 Å². The Kier molecular flexibility index (Phi) is 12.6. The third-order valence-electron chi connectivity index (χ3n) is 7.61. The first-order chi connectivity index (χ1) is 18.5. The van der Waals surface area contributed by atoms with E-state index in [2.05, 4.69) is 12.2 Å². The SMILES string of the molecule is CCCCCCCCNc1ccc2c3c(cccc13)C(=O)N(CCCCCCCCCCCC(=O)O)C2=O. The molecule has 2 amide bonds.